The first-order valence-corrected chi connectivity index (χ1v) is 24.9. The van der Waals surface area contributed by atoms with Crippen LogP contribution in [0, 0.1) is 64.2 Å². The highest BCUT2D eigenvalue weighted by atomic mass is 32.2. The monoisotopic (exact) mass is 871 g/mol. The molecule has 3 heterocycles. The van der Waals surface area contributed by atoms with Gasteiger partial charge < -0.3 is 5.73 Å². The number of aryl methyl sites for hydroxylation is 9. The van der Waals surface area contributed by atoms with E-state index in [4.69, 9.17) is 5.73 Å². The maximum atomic E-state index is 11.6. The van der Waals surface area contributed by atoms with Crippen molar-refractivity contribution in [3.63, 3.8) is 0 Å². The van der Waals surface area contributed by atoms with Gasteiger partial charge in [0.2, 0.25) is 0 Å². The minimum atomic E-state index is 0.161. The summed E-state index contributed by atoms with van der Waals surface area (Å²) in [5.74, 6) is 3.38. The number of fused-ring (bicyclic) bond motifs is 3. The Labute approximate surface area is 385 Å². The van der Waals surface area contributed by atoms with Gasteiger partial charge in [0.05, 0.1) is 11.1 Å². The van der Waals surface area contributed by atoms with E-state index >= 15 is 0 Å². The summed E-state index contributed by atoms with van der Waals surface area (Å²) in [6, 6.07) is 39.5. The van der Waals surface area contributed by atoms with Gasteiger partial charge >= 0.3 is 0 Å². The predicted octanol–water partition coefficient (Wildman–Crippen LogP) is 14.7. The molecule has 6 heteroatoms. The van der Waals surface area contributed by atoms with Gasteiger partial charge in [-0.3, -0.25) is 0 Å². The number of rotatable bonds is 7. The first-order valence-electron chi connectivity index (χ1n) is 21.9. The van der Waals surface area contributed by atoms with Gasteiger partial charge in [0, 0.05) is 55.2 Å². The second kappa shape index (κ2) is 16.6. The lowest BCUT2D eigenvalue weighted by Gasteiger charge is -2.27. The third-order valence-electron chi connectivity index (χ3n) is 13.4. The van der Waals surface area contributed by atoms with E-state index in [9.17, 15) is 10.5 Å². The van der Waals surface area contributed by atoms with Crippen LogP contribution in [0.4, 0.5) is 0 Å². The van der Waals surface area contributed by atoms with Crippen molar-refractivity contribution < 1.29 is 0 Å². The molecule has 63 heavy (non-hydrogen) atoms. The Kier molecular flexibility index (Phi) is 10.9. The fourth-order valence-electron chi connectivity index (χ4n) is 10.7. The maximum Gasteiger partial charge on any atom is 0.100 e. The fraction of sp³-hybridized carbons (Fsp3) is 0.228. The zero-order valence-corrected chi connectivity index (χ0v) is 39.3. The molecular weight excluding hydrogens is 823 g/mol. The zero-order chi connectivity index (χ0) is 43.7. The molecule has 0 amide bonds. The number of hydrogen-bond acceptors (Lipinski definition) is 6. The molecule has 0 bridgehead atoms. The number of hydrogen-bond donors (Lipinski definition) is 1. The lowest BCUT2D eigenvalue weighted by Crippen LogP contribution is -2.11. The van der Waals surface area contributed by atoms with Gasteiger partial charge in [-0.15, -0.1) is 35.3 Å². The van der Waals surface area contributed by atoms with Crippen LogP contribution >= 0.6 is 35.3 Å². The molecule has 0 saturated carbocycles. The smallest absolute Gasteiger partial charge is 0.100 e. The summed E-state index contributed by atoms with van der Waals surface area (Å²) in [5.41, 5.74) is 31.7. The standard InChI is InChI=1S/C57H49N3S3/c1-31-19-43(37-7-10-49-40(25-37)13-16-61-49)20-32(2)52(31)55-46(28-58)56(53-33(3)21-44(22-34(53)4)38-8-11-50-41(26-38)14-17-62-50)48(30-60)57(47(55)29-59)54-35(5)23-45(24-36(54)6)39-9-12-51-42(27-39)15-18-63-51/h7-12,19-27H,13-18,28,58H2,1-6H3. The molecule has 0 atom stereocenters. The molecule has 7 aromatic carbocycles. The van der Waals surface area contributed by atoms with E-state index in [0.29, 0.717) is 16.7 Å². The van der Waals surface area contributed by atoms with Crippen molar-refractivity contribution in [2.45, 2.75) is 82.0 Å². The van der Waals surface area contributed by atoms with Crippen molar-refractivity contribution in [3.8, 4) is 78.9 Å². The van der Waals surface area contributed by atoms with E-state index in [-0.39, 0.29) is 6.54 Å². The van der Waals surface area contributed by atoms with Gasteiger partial charge in [0.25, 0.3) is 0 Å². The lowest BCUT2D eigenvalue weighted by atomic mass is 9.75. The van der Waals surface area contributed by atoms with E-state index in [1.165, 1.54) is 48.1 Å². The van der Waals surface area contributed by atoms with Crippen LogP contribution in [0.15, 0.2) is 106 Å². The molecule has 7 aromatic rings. The molecule has 0 saturated heterocycles. The molecule has 0 aliphatic carbocycles. The van der Waals surface area contributed by atoms with Crippen LogP contribution in [0.5, 0.6) is 0 Å². The summed E-state index contributed by atoms with van der Waals surface area (Å²) in [6.45, 7) is 13.1. The molecule has 0 fully saturated rings. The quantitative estimate of drug-likeness (QED) is 0.172. The largest absolute Gasteiger partial charge is 0.326 e. The molecule has 0 unspecified atom stereocenters. The first-order chi connectivity index (χ1) is 30.6. The van der Waals surface area contributed by atoms with Gasteiger partial charge in [-0.25, -0.2) is 0 Å². The van der Waals surface area contributed by atoms with Crippen LogP contribution in [0.1, 0.15) is 66.8 Å². The molecule has 2 N–H and O–H groups in total. The van der Waals surface area contributed by atoms with Crippen LogP contribution in [0.2, 0.25) is 0 Å². The summed E-state index contributed by atoms with van der Waals surface area (Å²) < 4.78 is 0. The van der Waals surface area contributed by atoms with E-state index in [2.05, 4.69) is 145 Å². The average molecular weight is 872 g/mol. The maximum absolute atomic E-state index is 11.6. The van der Waals surface area contributed by atoms with Crippen LogP contribution in [0.25, 0.3) is 66.8 Å². The highest BCUT2D eigenvalue weighted by Gasteiger charge is 2.31. The summed E-state index contributed by atoms with van der Waals surface area (Å²) in [7, 11) is 0. The highest BCUT2D eigenvalue weighted by molar-refractivity contribution is 8.00. The van der Waals surface area contributed by atoms with Crippen LogP contribution in [0.3, 0.4) is 0 Å². The predicted molar refractivity (Wildman–Crippen MR) is 268 cm³/mol. The second-order valence-corrected chi connectivity index (χ2v) is 20.9. The summed E-state index contributed by atoms with van der Waals surface area (Å²) in [6.07, 6.45) is 3.26. The zero-order valence-electron chi connectivity index (χ0n) is 36.8. The summed E-state index contributed by atoms with van der Waals surface area (Å²) in [5, 5.41) is 23.1. The number of nitriles is 2. The van der Waals surface area contributed by atoms with E-state index < -0.39 is 0 Å². The van der Waals surface area contributed by atoms with Gasteiger partial charge in [0.1, 0.15) is 12.1 Å². The third kappa shape index (κ3) is 7.13. The van der Waals surface area contributed by atoms with Gasteiger partial charge in [0.15, 0.2) is 0 Å². The molecule has 3 aliphatic rings. The summed E-state index contributed by atoms with van der Waals surface area (Å²) >= 11 is 5.79. The lowest BCUT2D eigenvalue weighted by molar-refractivity contribution is 1.07. The van der Waals surface area contributed by atoms with Crippen molar-refractivity contribution in [1.29, 1.82) is 10.5 Å². The minimum absolute atomic E-state index is 0.161. The van der Waals surface area contributed by atoms with E-state index in [0.717, 1.165) is 120 Å². The van der Waals surface area contributed by atoms with Crippen LogP contribution in [-0.4, -0.2) is 17.3 Å². The van der Waals surface area contributed by atoms with Crippen molar-refractivity contribution in [3.05, 3.63) is 158 Å². The van der Waals surface area contributed by atoms with Crippen molar-refractivity contribution in [2.24, 2.45) is 5.73 Å². The van der Waals surface area contributed by atoms with Crippen LogP contribution in [-0.2, 0) is 25.8 Å². The topological polar surface area (TPSA) is 73.6 Å². The Morgan fingerprint density at radius 3 is 1.00 bits per heavy atom. The van der Waals surface area contributed by atoms with E-state index in [1.54, 1.807) is 0 Å². The number of nitrogens with zero attached hydrogens (tertiary/aromatic N) is 2. The molecule has 0 spiro atoms. The molecule has 0 radical (unpaired) electrons. The third-order valence-corrected chi connectivity index (χ3v) is 16.8. The average Bonchev–Trinajstić information content (AvgIpc) is 4.06. The van der Waals surface area contributed by atoms with E-state index in [1.807, 2.05) is 35.3 Å². The number of nitrogens with two attached hydrogens (primary N) is 1. The Hall–Kier alpha value is -5.47. The van der Waals surface area contributed by atoms with Crippen molar-refractivity contribution >= 4 is 35.3 Å². The van der Waals surface area contributed by atoms with Gasteiger partial charge in [-0.1, -0.05) is 72.8 Å². The SMILES string of the molecule is Cc1cc(-c2ccc3c(c2)CCS3)cc(C)c1-c1c(C#N)c(-c2c(C)cc(-c3ccc4c(c3)CCS4)cc2C)c(CN)c(-c2c(C)cc(-c3ccc4c(c3)CCS4)cc2C)c1C#N. The highest BCUT2D eigenvalue weighted by Crippen LogP contribution is 2.50. The second-order valence-electron chi connectivity index (χ2n) is 17.5. The van der Waals surface area contributed by atoms with Crippen molar-refractivity contribution in [1.82, 2.24) is 0 Å². The molecule has 3 nitrogen and oxygen atoms in total. The number of benzene rings is 7. The molecule has 0 aromatic heterocycles. The van der Waals surface area contributed by atoms with Crippen LogP contribution < -0.4 is 5.73 Å². The Morgan fingerprint density at radius 1 is 0.413 bits per heavy atom. The van der Waals surface area contributed by atoms with Gasteiger partial charge in [-0.2, -0.15) is 10.5 Å². The minimum Gasteiger partial charge on any atom is -0.326 e. The normalized spacial score (nSPS) is 13.7. The molecular formula is C57H49N3S3. The fourth-order valence-corrected chi connectivity index (χ4v) is 13.9. The Bertz CT molecular complexity index is 2960. The summed E-state index contributed by atoms with van der Waals surface area (Å²) in [4.78, 5) is 4.13. The number of thioether (sulfide) groups is 3. The Morgan fingerprint density at radius 2 is 0.714 bits per heavy atom. The van der Waals surface area contributed by atoms with Crippen molar-refractivity contribution in [2.75, 3.05) is 17.3 Å². The molecule has 10 rings (SSSR count). The molecule has 310 valence electrons. The molecule has 3 aliphatic heterocycles. The first kappa shape index (κ1) is 41.5. The Balaban J connectivity index is 1.24. The van der Waals surface area contributed by atoms with Gasteiger partial charge in [-0.05, 0) is 185 Å².